The number of carbonyl (C=O) groups excluding carboxylic acids is 2. The Morgan fingerprint density at radius 2 is 1.12 bits per heavy atom. The molecule has 4 nitrogen and oxygen atoms in total. The third-order valence-corrected chi connectivity index (χ3v) is 0.167. The van der Waals surface area contributed by atoms with Crippen molar-refractivity contribution in [3.05, 3.63) is 0 Å². The van der Waals surface area contributed by atoms with Crippen molar-refractivity contribution in [2.75, 3.05) is 0 Å². The minimum absolute atomic E-state index is 0. The van der Waals surface area contributed by atoms with E-state index in [-0.39, 0.29) is 54.2 Å². The molecule has 0 atom stereocenters. The molecule has 6 heteroatoms. The van der Waals surface area contributed by atoms with Crippen LogP contribution < -0.4 is 22.6 Å². The Bertz CT molecular complexity index is 80.0. The van der Waals surface area contributed by atoms with Crippen molar-refractivity contribution in [3.63, 3.8) is 0 Å². The van der Waals surface area contributed by atoms with Crippen molar-refractivity contribution in [3.8, 4) is 0 Å². The number of carbonyl (C=O) groups is 2. The number of halogens is 1. The van der Waals surface area contributed by atoms with E-state index in [2.05, 4.69) is 0 Å². The van der Waals surface area contributed by atoms with Crippen LogP contribution in [0.2, 0.25) is 0 Å². The summed E-state index contributed by atoms with van der Waals surface area (Å²) >= 11 is 0. The maximum atomic E-state index is 8.93. The average Bonchev–Trinajstić information content (AvgIpc) is 1.36. The largest absolute Gasteiger partial charge is 3.00 e. The second-order valence-corrected chi connectivity index (χ2v) is 0.575. The van der Waals surface area contributed by atoms with E-state index in [1.54, 1.807) is 0 Å². The summed E-state index contributed by atoms with van der Waals surface area (Å²) in [6.45, 7) is 0. The molecule has 0 fully saturated rings. The molecular formula is C2CeClO4. The van der Waals surface area contributed by atoms with E-state index in [4.69, 9.17) is 19.8 Å². The minimum atomic E-state index is -2.19. The molecule has 0 heterocycles. The van der Waals surface area contributed by atoms with E-state index in [0.717, 1.165) is 0 Å². The van der Waals surface area contributed by atoms with Crippen LogP contribution in [0.4, 0.5) is 0 Å². The van der Waals surface area contributed by atoms with Crippen molar-refractivity contribution in [1.82, 2.24) is 0 Å². The van der Waals surface area contributed by atoms with Gasteiger partial charge in [0.15, 0.2) is 0 Å². The summed E-state index contributed by atoms with van der Waals surface area (Å²) < 4.78 is 0. The van der Waals surface area contributed by atoms with E-state index in [0.29, 0.717) is 0 Å². The van der Waals surface area contributed by atoms with Gasteiger partial charge in [-0.05, 0) is 0 Å². The van der Waals surface area contributed by atoms with Gasteiger partial charge in [-0.25, -0.2) is 0 Å². The molecule has 0 aliphatic heterocycles. The number of carboxylic acids is 2. The summed E-state index contributed by atoms with van der Waals surface area (Å²) in [5.41, 5.74) is 0. The second-order valence-electron chi connectivity index (χ2n) is 0.575. The Hall–Kier alpha value is 0.607. The monoisotopic (exact) mass is 263 g/mol. The number of carboxylic acid groups (broad SMARTS) is 2. The molecule has 0 aliphatic carbocycles. The molecule has 0 amide bonds. The zero-order chi connectivity index (χ0) is 5.15. The van der Waals surface area contributed by atoms with Crippen LogP contribution in [0.25, 0.3) is 0 Å². The Morgan fingerprint density at radius 3 is 1.12 bits per heavy atom. The van der Waals surface area contributed by atoms with Gasteiger partial charge in [-0.2, -0.15) is 0 Å². The van der Waals surface area contributed by atoms with Gasteiger partial charge >= 0.3 is 41.7 Å². The predicted molar refractivity (Wildman–Crippen MR) is 10.0 cm³/mol. The van der Waals surface area contributed by atoms with Crippen molar-refractivity contribution < 1.29 is 74.0 Å². The van der Waals surface area contributed by atoms with Crippen LogP contribution in [0.15, 0.2) is 0 Å². The SMILES string of the molecule is O=C([O-])C(=O)[O-].[Ce+3].[Cl-]. The summed E-state index contributed by atoms with van der Waals surface area (Å²) in [7, 11) is 0. The second kappa shape index (κ2) is 7.61. The van der Waals surface area contributed by atoms with E-state index in [1.807, 2.05) is 0 Å². The van der Waals surface area contributed by atoms with Crippen LogP contribution in [0.1, 0.15) is 0 Å². The molecule has 0 saturated carbocycles. The molecule has 0 aromatic carbocycles. The molecule has 0 aromatic heterocycles. The Morgan fingerprint density at radius 1 is 1.00 bits per heavy atom. The van der Waals surface area contributed by atoms with E-state index < -0.39 is 11.9 Å². The van der Waals surface area contributed by atoms with Gasteiger partial charge in [-0.15, -0.1) is 0 Å². The third kappa shape index (κ3) is 9.79. The predicted octanol–water partition coefficient (Wildman–Crippen LogP) is -6.51. The summed E-state index contributed by atoms with van der Waals surface area (Å²) in [5.74, 6) is -4.37. The molecule has 0 N–H and O–H groups in total. The molecule has 0 unspecified atom stereocenters. The molecule has 0 saturated heterocycles. The fraction of sp³-hybridized carbons (Fsp3) is 0. The van der Waals surface area contributed by atoms with Crippen LogP contribution in [-0.2, 0) is 9.59 Å². The van der Waals surface area contributed by atoms with Gasteiger partial charge < -0.3 is 32.2 Å². The molecule has 0 spiro atoms. The first-order valence-corrected chi connectivity index (χ1v) is 1.07. The maximum absolute atomic E-state index is 8.93. The zero-order valence-electron chi connectivity index (χ0n) is 3.51. The standard InChI is InChI=1S/C2H2O4.Ce.ClH/c3-1(4)2(5)6;;/h(H,3,4)(H,5,6);;1H/q;+3;/p-3. The van der Waals surface area contributed by atoms with Crippen molar-refractivity contribution >= 4 is 11.9 Å². The van der Waals surface area contributed by atoms with Crippen molar-refractivity contribution in [2.24, 2.45) is 0 Å². The zero-order valence-corrected chi connectivity index (χ0v) is 7.41. The first-order valence-electron chi connectivity index (χ1n) is 1.07. The number of hydrogen-bond acceptors (Lipinski definition) is 4. The van der Waals surface area contributed by atoms with Crippen molar-refractivity contribution in [2.45, 2.75) is 0 Å². The molecule has 0 rings (SSSR count). The Labute approximate surface area is 85.1 Å². The van der Waals surface area contributed by atoms with E-state index in [1.165, 1.54) is 0 Å². The molecule has 1 radical (unpaired) electrons. The van der Waals surface area contributed by atoms with Gasteiger partial charge in [0.25, 0.3) is 0 Å². The molecular weight excluding hydrogens is 264 g/mol. The van der Waals surface area contributed by atoms with E-state index in [9.17, 15) is 0 Å². The summed E-state index contributed by atoms with van der Waals surface area (Å²) in [6.07, 6.45) is 0. The number of rotatable bonds is 0. The van der Waals surface area contributed by atoms with Crippen LogP contribution >= 0.6 is 0 Å². The molecule has 8 heavy (non-hydrogen) atoms. The van der Waals surface area contributed by atoms with Gasteiger partial charge in [-0.3, -0.25) is 0 Å². The van der Waals surface area contributed by atoms with E-state index >= 15 is 0 Å². The fourth-order valence-corrected chi connectivity index (χ4v) is 0. The third-order valence-electron chi connectivity index (χ3n) is 0.167. The summed E-state index contributed by atoms with van der Waals surface area (Å²) in [5, 5.41) is 17.9. The van der Waals surface area contributed by atoms with Gasteiger partial charge in [0.1, 0.15) is 0 Å². The molecule has 0 aromatic rings. The first-order chi connectivity index (χ1) is 2.64. The minimum Gasteiger partial charge on any atom is -1.00 e. The quantitative estimate of drug-likeness (QED) is 0.407. The van der Waals surface area contributed by atoms with Crippen LogP contribution in [-0.4, -0.2) is 11.9 Å². The fourth-order valence-electron chi connectivity index (χ4n) is 0. The van der Waals surface area contributed by atoms with Crippen LogP contribution in [0.3, 0.4) is 0 Å². The van der Waals surface area contributed by atoms with Gasteiger partial charge in [0.05, 0.1) is 11.9 Å². The maximum Gasteiger partial charge on any atom is 3.00 e. The summed E-state index contributed by atoms with van der Waals surface area (Å²) in [4.78, 5) is 17.9. The Balaban J connectivity index is -0.000000125. The van der Waals surface area contributed by atoms with Gasteiger partial charge in [0.2, 0.25) is 0 Å². The normalized spacial score (nSPS) is 5.50. The van der Waals surface area contributed by atoms with Gasteiger partial charge in [-0.1, -0.05) is 0 Å². The average molecular weight is 264 g/mol. The number of hydrogen-bond donors (Lipinski definition) is 0. The molecule has 0 aliphatic rings. The molecule has 0 bridgehead atoms. The topological polar surface area (TPSA) is 80.3 Å². The number of aliphatic carboxylic acids is 2. The van der Waals surface area contributed by atoms with Crippen LogP contribution in [0, 0.1) is 41.7 Å². The summed E-state index contributed by atoms with van der Waals surface area (Å²) in [6, 6.07) is 0. The Kier molecular flexibility index (Phi) is 15.1. The van der Waals surface area contributed by atoms with Crippen LogP contribution in [0.5, 0.6) is 0 Å². The molecule has 43 valence electrons. The smallest absolute Gasteiger partial charge is 1.00 e. The van der Waals surface area contributed by atoms with Gasteiger partial charge in [0, 0.05) is 0 Å². The van der Waals surface area contributed by atoms with Crippen molar-refractivity contribution in [1.29, 1.82) is 0 Å². The first kappa shape index (κ1) is 15.8.